The summed E-state index contributed by atoms with van der Waals surface area (Å²) in [5.41, 5.74) is 1.51. The number of fused-ring (bicyclic) bond motifs is 2. The van der Waals surface area contributed by atoms with Gasteiger partial charge in [0.1, 0.15) is 5.01 Å². The zero-order valence-corrected chi connectivity index (χ0v) is 18.5. The molecular formula is C22H19BrN4O2S. The van der Waals surface area contributed by atoms with E-state index in [2.05, 4.69) is 27.0 Å². The fourth-order valence-corrected chi connectivity index (χ4v) is 5.48. The van der Waals surface area contributed by atoms with Crippen LogP contribution in [0.15, 0.2) is 58.1 Å². The predicted molar refractivity (Wildman–Crippen MR) is 122 cm³/mol. The molecule has 5 rings (SSSR count). The predicted octanol–water partition coefficient (Wildman–Crippen LogP) is 4.52. The molecule has 0 saturated carbocycles. The van der Waals surface area contributed by atoms with E-state index in [-0.39, 0.29) is 23.9 Å². The number of hydrogen-bond acceptors (Lipinski definition) is 5. The third-order valence-corrected chi connectivity index (χ3v) is 7.15. The van der Waals surface area contributed by atoms with E-state index in [9.17, 15) is 9.59 Å². The highest BCUT2D eigenvalue weighted by atomic mass is 79.9. The van der Waals surface area contributed by atoms with Crippen LogP contribution in [0.2, 0.25) is 0 Å². The number of rotatable bonds is 4. The number of likely N-dealkylation sites (tertiary alicyclic amines) is 1. The standard InChI is InChI=1S/C22H19BrN4O2S/c23-14-7-8-16-15(12-14)22(29)26(13-24-16)11-9-20(28)27-10-3-5-18(27)21-25-17-4-1-2-6-19(17)30-21/h1-2,4,6-8,12-13,18H,3,5,9-11H2. The lowest BCUT2D eigenvalue weighted by Crippen LogP contribution is -2.32. The first-order valence-electron chi connectivity index (χ1n) is 9.90. The monoisotopic (exact) mass is 482 g/mol. The first kappa shape index (κ1) is 19.4. The van der Waals surface area contributed by atoms with Gasteiger partial charge in [-0.1, -0.05) is 28.1 Å². The van der Waals surface area contributed by atoms with Crippen molar-refractivity contribution in [3.63, 3.8) is 0 Å². The summed E-state index contributed by atoms with van der Waals surface area (Å²) in [6.07, 6.45) is 3.69. The summed E-state index contributed by atoms with van der Waals surface area (Å²) < 4.78 is 3.50. The Labute approximate surface area is 185 Å². The third-order valence-electron chi connectivity index (χ3n) is 5.52. The first-order chi connectivity index (χ1) is 14.6. The summed E-state index contributed by atoms with van der Waals surface area (Å²) in [4.78, 5) is 36.8. The molecule has 1 aliphatic rings. The number of carbonyl (C=O) groups is 1. The maximum absolute atomic E-state index is 13.0. The quantitative estimate of drug-likeness (QED) is 0.428. The molecule has 3 heterocycles. The summed E-state index contributed by atoms with van der Waals surface area (Å²) in [6.45, 7) is 1.05. The maximum Gasteiger partial charge on any atom is 0.261 e. The number of aromatic nitrogens is 3. The summed E-state index contributed by atoms with van der Waals surface area (Å²) in [5, 5.41) is 1.55. The van der Waals surface area contributed by atoms with Crippen molar-refractivity contribution in [3.8, 4) is 0 Å². The molecule has 2 aromatic heterocycles. The molecule has 152 valence electrons. The molecule has 4 aromatic rings. The fraction of sp³-hybridized carbons (Fsp3) is 0.273. The van der Waals surface area contributed by atoms with Gasteiger partial charge in [0, 0.05) is 24.0 Å². The fourth-order valence-electron chi connectivity index (χ4n) is 4.00. The zero-order valence-electron chi connectivity index (χ0n) is 16.1. The summed E-state index contributed by atoms with van der Waals surface area (Å²) in [5.74, 6) is 0.0537. The van der Waals surface area contributed by atoms with Gasteiger partial charge in [-0.3, -0.25) is 14.2 Å². The molecule has 1 unspecified atom stereocenters. The summed E-state index contributed by atoms with van der Waals surface area (Å²) in [6, 6.07) is 13.5. The summed E-state index contributed by atoms with van der Waals surface area (Å²) >= 11 is 5.06. The second-order valence-electron chi connectivity index (χ2n) is 7.42. The number of hydrogen-bond donors (Lipinski definition) is 0. The molecule has 6 nitrogen and oxygen atoms in total. The highest BCUT2D eigenvalue weighted by Crippen LogP contribution is 2.36. The minimum absolute atomic E-state index is 0.0253. The summed E-state index contributed by atoms with van der Waals surface area (Å²) in [7, 11) is 0. The Bertz CT molecular complexity index is 1280. The molecular weight excluding hydrogens is 464 g/mol. The van der Waals surface area contributed by atoms with E-state index in [0.717, 1.165) is 39.1 Å². The van der Waals surface area contributed by atoms with Crippen molar-refractivity contribution in [2.24, 2.45) is 0 Å². The number of benzene rings is 2. The molecule has 8 heteroatoms. The molecule has 1 aliphatic heterocycles. The minimum Gasteiger partial charge on any atom is -0.333 e. The Morgan fingerprint density at radius 2 is 2.07 bits per heavy atom. The van der Waals surface area contributed by atoms with E-state index in [0.29, 0.717) is 17.4 Å². The highest BCUT2D eigenvalue weighted by molar-refractivity contribution is 9.10. The largest absolute Gasteiger partial charge is 0.333 e. The normalized spacial score (nSPS) is 16.6. The third kappa shape index (κ3) is 3.54. The molecule has 2 aromatic carbocycles. The van der Waals surface area contributed by atoms with Crippen LogP contribution < -0.4 is 5.56 Å². The van der Waals surface area contributed by atoms with Crippen LogP contribution in [0, 0.1) is 0 Å². The van der Waals surface area contributed by atoms with Gasteiger partial charge in [-0.25, -0.2) is 9.97 Å². The number of halogens is 1. The minimum atomic E-state index is -0.127. The molecule has 1 atom stereocenters. The van der Waals surface area contributed by atoms with Crippen molar-refractivity contribution in [2.45, 2.75) is 31.8 Å². The van der Waals surface area contributed by atoms with Gasteiger partial charge < -0.3 is 4.90 Å². The van der Waals surface area contributed by atoms with Gasteiger partial charge in [-0.05, 0) is 43.2 Å². The van der Waals surface area contributed by atoms with Gasteiger partial charge in [-0.2, -0.15) is 0 Å². The van der Waals surface area contributed by atoms with Crippen molar-refractivity contribution in [2.75, 3.05) is 6.54 Å². The molecule has 30 heavy (non-hydrogen) atoms. The van der Waals surface area contributed by atoms with E-state index in [1.807, 2.05) is 35.2 Å². The van der Waals surface area contributed by atoms with Crippen molar-refractivity contribution in [1.29, 1.82) is 0 Å². The molecule has 0 N–H and O–H groups in total. The number of para-hydroxylation sites is 1. The van der Waals surface area contributed by atoms with Gasteiger partial charge in [0.25, 0.3) is 5.56 Å². The Hall–Kier alpha value is -2.58. The second kappa shape index (κ2) is 7.92. The smallest absolute Gasteiger partial charge is 0.261 e. The lowest BCUT2D eigenvalue weighted by molar-refractivity contribution is -0.132. The lowest BCUT2D eigenvalue weighted by Gasteiger charge is -2.23. The van der Waals surface area contributed by atoms with Crippen molar-refractivity contribution >= 4 is 54.3 Å². The molecule has 0 bridgehead atoms. The lowest BCUT2D eigenvalue weighted by atomic mass is 10.2. The van der Waals surface area contributed by atoms with Crippen LogP contribution in [0.5, 0.6) is 0 Å². The number of aryl methyl sites for hydroxylation is 1. The van der Waals surface area contributed by atoms with E-state index < -0.39 is 0 Å². The van der Waals surface area contributed by atoms with Crippen molar-refractivity contribution < 1.29 is 4.79 Å². The first-order valence-corrected chi connectivity index (χ1v) is 11.5. The molecule has 1 saturated heterocycles. The molecule has 0 aliphatic carbocycles. The van der Waals surface area contributed by atoms with Gasteiger partial charge in [0.05, 0.1) is 33.5 Å². The second-order valence-corrected chi connectivity index (χ2v) is 9.40. The number of nitrogens with zero attached hydrogens (tertiary/aromatic N) is 4. The average Bonchev–Trinajstić information content (AvgIpc) is 3.40. The topological polar surface area (TPSA) is 68.1 Å². The Morgan fingerprint density at radius 1 is 1.20 bits per heavy atom. The average molecular weight is 483 g/mol. The van der Waals surface area contributed by atoms with Gasteiger partial charge >= 0.3 is 0 Å². The highest BCUT2D eigenvalue weighted by Gasteiger charge is 2.32. The van der Waals surface area contributed by atoms with E-state index >= 15 is 0 Å². The van der Waals surface area contributed by atoms with E-state index in [4.69, 9.17) is 4.98 Å². The maximum atomic E-state index is 13.0. The zero-order chi connectivity index (χ0) is 20.7. The molecule has 0 radical (unpaired) electrons. The van der Waals surface area contributed by atoms with E-state index in [1.54, 1.807) is 17.4 Å². The Kier molecular flexibility index (Phi) is 5.12. The molecule has 1 fully saturated rings. The van der Waals surface area contributed by atoms with Crippen LogP contribution in [-0.4, -0.2) is 31.9 Å². The number of amides is 1. The van der Waals surface area contributed by atoms with Crippen molar-refractivity contribution in [3.05, 3.63) is 68.6 Å². The van der Waals surface area contributed by atoms with Crippen LogP contribution in [0.4, 0.5) is 0 Å². The van der Waals surface area contributed by atoms with Gasteiger partial charge in [0.2, 0.25) is 5.91 Å². The van der Waals surface area contributed by atoms with Crippen LogP contribution >= 0.6 is 27.3 Å². The van der Waals surface area contributed by atoms with E-state index in [1.165, 1.54) is 10.9 Å². The van der Waals surface area contributed by atoms with Crippen LogP contribution in [0.25, 0.3) is 21.1 Å². The molecule has 0 spiro atoms. The van der Waals surface area contributed by atoms with Crippen LogP contribution in [0.3, 0.4) is 0 Å². The van der Waals surface area contributed by atoms with Gasteiger partial charge in [-0.15, -0.1) is 11.3 Å². The Morgan fingerprint density at radius 3 is 2.93 bits per heavy atom. The molecule has 1 amide bonds. The number of carbonyl (C=O) groups excluding carboxylic acids is 1. The van der Waals surface area contributed by atoms with Crippen LogP contribution in [-0.2, 0) is 11.3 Å². The van der Waals surface area contributed by atoms with Crippen LogP contribution in [0.1, 0.15) is 30.3 Å². The van der Waals surface area contributed by atoms with Crippen molar-refractivity contribution in [1.82, 2.24) is 19.4 Å². The SMILES string of the molecule is O=C(CCn1cnc2ccc(Br)cc2c1=O)N1CCCC1c1nc2ccccc2s1. The van der Waals surface area contributed by atoms with Gasteiger partial charge in [0.15, 0.2) is 0 Å². The Balaban J connectivity index is 1.34. The number of thiazole rings is 1.